The molecule has 0 aromatic heterocycles. The molecule has 0 aliphatic carbocycles. The number of benzene rings is 1. The lowest BCUT2D eigenvalue weighted by molar-refractivity contribution is 0.0685. The second kappa shape index (κ2) is 6.07. The van der Waals surface area contributed by atoms with Crippen LogP contribution in [0.5, 0.6) is 0 Å². The summed E-state index contributed by atoms with van der Waals surface area (Å²) in [4.78, 5) is 9.91. The van der Waals surface area contributed by atoms with Crippen molar-refractivity contribution in [2.75, 3.05) is 6.54 Å². The number of aromatic carboxylic acids is 1. The third-order valence-corrected chi connectivity index (χ3v) is 4.68. The van der Waals surface area contributed by atoms with Gasteiger partial charge in [0.15, 0.2) is 5.82 Å². The molecule has 0 saturated carbocycles. The molecule has 21 heavy (non-hydrogen) atoms. The lowest BCUT2D eigenvalue weighted by Gasteiger charge is -2.22. The van der Waals surface area contributed by atoms with Gasteiger partial charge in [0.2, 0.25) is 10.0 Å². The van der Waals surface area contributed by atoms with Crippen molar-refractivity contribution in [1.29, 1.82) is 0 Å². The van der Waals surface area contributed by atoms with Crippen molar-refractivity contribution in [2.24, 2.45) is 5.41 Å². The molecule has 0 fully saturated rings. The van der Waals surface area contributed by atoms with Gasteiger partial charge in [0.25, 0.3) is 0 Å². The maximum atomic E-state index is 13.9. The van der Waals surface area contributed by atoms with Crippen LogP contribution in [-0.4, -0.2) is 26.0 Å². The van der Waals surface area contributed by atoms with Crippen LogP contribution in [0.25, 0.3) is 0 Å². The monoisotopic (exact) mass is 321 g/mol. The number of nitrogens with one attached hydrogen (secondary N) is 1. The summed E-state index contributed by atoms with van der Waals surface area (Å²) in [6, 6.07) is 1.32. The number of carboxylic acids is 1. The molecule has 8 heteroatoms. The summed E-state index contributed by atoms with van der Waals surface area (Å²) >= 11 is 0. The highest BCUT2D eigenvalue weighted by molar-refractivity contribution is 7.89. The summed E-state index contributed by atoms with van der Waals surface area (Å²) in [5.41, 5.74) is -1.63. The minimum atomic E-state index is -4.26. The Bertz CT molecular complexity index is 656. The van der Waals surface area contributed by atoms with E-state index in [-0.39, 0.29) is 12.0 Å². The first-order valence-corrected chi connectivity index (χ1v) is 7.71. The Morgan fingerprint density at radius 3 is 2.38 bits per heavy atom. The standard InChI is InChI=1S/C13H17F2NO4S/c1-4-13(2,3)7-16-21(19,20)9-6-5-8(14)10(11(9)15)12(17)18/h5-6,16H,4,7H2,1-3H3,(H,17,18). The molecule has 0 heterocycles. The molecule has 0 unspecified atom stereocenters. The van der Waals surface area contributed by atoms with Gasteiger partial charge in [0.05, 0.1) is 0 Å². The SMILES string of the molecule is CCC(C)(C)CNS(=O)(=O)c1ccc(F)c(C(=O)O)c1F. The Morgan fingerprint density at radius 1 is 1.33 bits per heavy atom. The normalized spacial score (nSPS) is 12.4. The summed E-state index contributed by atoms with van der Waals surface area (Å²) < 4.78 is 53.5. The van der Waals surface area contributed by atoms with Crippen LogP contribution < -0.4 is 4.72 Å². The minimum absolute atomic E-state index is 0.0467. The predicted molar refractivity (Wildman–Crippen MR) is 72.6 cm³/mol. The average molecular weight is 321 g/mol. The molecule has 0 bridgehead atoms. The molecular formula is C13H17F2NO4S. The van der Waals surface area contributed by atoms with Crippen LogP contribution in [0.15, 0.2) is 17.0 Å². The highest BCUT2D eigenvalue weighted by Gasteiger charge is 2.28. The van der Waals surface area contributed by atoms with Crippen molar-refractivity contribution in [3.8, 4) is 0 Å². The van der Waals surface area contributed by atoms with E-state index < -0.39 is 38.1 Å². The second-order valence-corrected chi connectivity index (χ2v) is 7.12. The van der Waals surface area contributed by atoms with Crippen LogP contribution in [-0.2, 0) is 10.0 Å². The molecule has 1 aromatic carbocycles. The molecule has 0 aliphatic heterocycles. The number of halogens is 2. The van der Waals surface area contributed by atoms with E-state index in [0.29, 0.717) is 18.6 Å². The van der Waals surface area contributed by atoms with Crippen molar-refractivity contribution < 1.29 is 27.1 Å². The Labute approximate surface area is 122 Å². The summed E-state index contributed by atoms with van der Waals surface area (Å²) in [6.07, 6.45) is 0.682. The van der Waals surface area contributed by atoms with E-state index in [2.05, 4.69) is 4.72 Å². The van der Waals surface area contributed by atoms with Gasteiger partial charge in [0.1, 0.15) is 16.3 Å². The zero-order valence-corrected chi connectivity index (χ0v) is 12.7. The number of carboxylic acid groups (broad SMARTS) is 1. The average Bonchev–Trinajstić information content (AvgIpc) is 2.36. The molecular weight excluding hydrogens is 304 g/mol. The number of sulfonamides is 1. The fourth-order valence-corrected chi connectivity index (χ4v) is 2.75. The quantitative estimate of drug-likeness (QED) is 0.842. The summed E-state index contributed by atoms with van der Waals surface area (Å²) in [5.74, 6) is -4.80. The van der Waals surface area contributed by atoms with Crippen LogP contribution in [0.2, 0.25) is 0 Å². The van der Waals surface area contributed by atoms with Gasteiger partial charge in [-0.1, -0.05) is 20.8 Å². The van der Waals surface area contributed by atoms with Crippen LogP contribution in [0, 0.1) is 17.0 Å². The number of rotatable bonds is 6. The van der Waals surface area contributed by atoms with Gasteiger partial charge in [-0.15, -0.1) is 0 Å². The summed E-state index contributed by atoms with van der Waals surface area (Å²) in [5, 5.41) is 8.74. The van der Waals surface area contributed by atoms with Crippen LogP contribution in [0.1, 0.15) is 37.6 Å². The molecule has 1 rings (SSSR count). The molecule has 0 radical (unpaired) electrons. The van der Waals surface area contributed by atoms with E-state index >= 15 is 0 Å². The number of hydrogen-bond acceptors (Lipinski definition) is 3. The first-order valence-electron chi connectivity index (χ1n) is 6.23. The van der Waals surface area contributed by atoms with Gasteiger partial charge in [0, 0.05) is 6.54 Å². The zero-order valence-electron chi connectivity index (χ0n) is 11.9. The summed E-state index contributed by atoms with van der Waals surface area (Å²) in [6.45, 7) is 5.55. The molecule has 0 spiro atoms. The lowest BCUT2D eigenvalue weighted by atomic mass is 9.91. The van der Waals surface area contributed by atoms with Gasteiger partial charge < -0.3 is 5.11 Å². The maximum Gasteiger partial charge on any atom is 0.341 e. The largest absolute Gasteiger partial charge is 0.477 e. The molecule has 0 saturated heterocycles. The van der Waals surface area contributed by atoms with Crippen molar-refractivity contribution in [1.82, 2.24) is 4.72 Å². The van der Waals surface area contributed by atoms with E-state index in [1.807, 2.05) is 20.8 Å². The first-order chi connectivity index (χ1) is 9.52. The highest BCUT2D eigenvalue weighted by Crippen LogP contribution is 2.23. The Morgan fingerprint density at radius 2 is 1.90 bits per heavy atom. The van der Waals surface area contributed by atoms with Gasteiger partial charge in [-0.05, 0) is 24.0 Å². The van der Waals surface area contributed by atoms with E-state index in [9.17, 15) is 22.0 Å². The highest BCUT2D eigenvalue weighted by atomic mass is 32.2. The van der Waals surface area contributed by atoms with Gasteiger partial charge in [-0.2, -0.15) is 0 Å². The van der Waals surface area contributed by atoms with Crippen LogP contribution in [0.4, 0.5) is 8.78 Å². The summed E-state index contributed by atoms with van der Waals surface area (Å²) in [7, 11) is -4.26. The Hall–Kier alpha value is -1.54. The molecule has 118 valence electrons. The maximum absolute atomic E-state index is 13.9. The number of carbonyl (C=O) groups is 1. The lowest BCUT2D eigenvalue weighted by Crippen LogP contribution is -2.34. The smallest absolute Gasteiger partial charge is 0.341 e. The fraction of sp³-hybridized carbons (Fsp3) is 0.462. The molecule has 0 aliphatic rings. The zero-order chi connectivity index (χ0) is 16.4. The number of hydrogen-bond donors (Lipinski definition) is 2. The molecule has 2 N–H and O–H groups in total. The predicted octanol–water partition coefficient (Wildman–Crippen LogP) is 2.38. The van der Waals surface area contributed by atoms with E-state index in [1.165, 1.54) is 0 Å². The molecule has 0 atom stereocenters. The fourth-order valence-electron chi connectivity index (χ4n) is 1.43. The van der Waals surface area contributed by atoms with Crippen molar-refractivity contribution in [3.63, 3.8) is 0 Å². The van der Waals surface area contributed by atoms with Gasteiger partial charge in [-0.25, -0.2) is 26.7 Å². The van der Waals surface area contributed by atoms with E-state index in [4.69, 9.17) is 5.11 Å². The Balaban J connectivity index is 3.22. The van der Waals surface area contributed by atoms with Gasteiger partial charge >= 0.3 is 5.97 Å². The van der Waals surface area contributed by atoms with Crippen molar-refractivity contribution in [3.05, 3.63) is 29.3 Å². The van der Waals surface area contributed by atoms with Crippen molar-refractivity contribution in [2.45, 2.75) is 32.1 Å². The van der Waals surface area contributed by atoms with Gasteiger partial charge in [-0.3, -0.25) is 0 Å². The molecule has 0 amide bonds. The topological polar surface area (TPSA) is 83.5 Å². The van der Waals surface area contributed by atoms with E-state index in [0.717, 1.165) is 0 Å². The van der Waals surface area contributed by atoms with Crippen LogP contribution >= 0.6 is 0 Å². The first kappa shape index (κ1) is 17.5. The van der Waals surface area contributed by atoms with Crippen molar-refractivity contribution >= 4 is 16.0 Å². The Kier molecular flexibility index (Phi) is 5.06. The van der Waals surface area contributed by atoms with Crippen LogP contribution in [0.3, 0.4) is 0 Å². The third-order valence-electron chi connectivity index (χ3n) is 3.26. The molecule has 1 aromatic rings. The van der Waals surface area contributed by atoms with E-state index in [1.54, 1.807) is 0 Å². The third kappa shape index (κ3) is 3.98. The second-order valence-electron chi connectivity index (χ2n) is 5.38. The molecule has 5 nitrogen and oxygen atoms in total. The minimum Gasteiger partial charge on any atom is -0.477 e.